The maximum Gasteiger partial charge on any atom is 0.251 e. The SMILES string of the molecule is O=C(NCCCN1CCOCC1)c1ccc2[nH]ccc2c1. The highest BCUT2D eigenvalue weighted by Gasteiger charge is 2.10. The summed E-state index contributed by atoms with van der Waals surface area (Å²) in [5, 5.41) is 4.05. The van der Waals surface area contributed by atoms with E-state index in [2.05, 4.69) is 15.2 Å². The molecule has 2 heterocycles. The molecule has 1 aliphatic rings. The van der Waals surface area contributed by atoms with Crippen molar-refractivity contribution in [3.8, 4) is 0 Å². The summed E-state index contributed by atoms with van der Waals surface area (Å²) in [6, 6.07) is 7.70. The number of hydrogen-bond donors (Lipinski definition) is 2. The largest absolute Gasteiger partial charge is 0.379 e. The van der Waals surface area contributed by atoms with Crippen molar-refractivity contribution in [2.75, 3.05) is 39.4 Å². The minimum absolute atomic E-state index is 0.0000718. The zero-order chi connectivity index (χ0) is 14.5. The van der Waals surface area contributed by atoms with Crippen molar-refractivity contribution in [3.63, 3.8) is 0 Å². The van der Waals surface area contributed by atoms with E-state index in [1.54, 1.807) is 0 Å². The first kappa shape index (κ1) is 14.1. The monoisotopic (exact) mass is 287 g/mol. The number of H-pyrrole nitrogens is 1. The third kappa shape index (κ3) is 3.62. The number of nitrogens with one attached hydrogen (secondary N) is 2. The van der Waals surface area contributed by atoms with Crippen LogP contribution in [0.2, 0.25) is 0 Å². The summed E-state index contributed by atoms with van der Waals surface area (Å²) in [6.07, 6.45) is 2.85. The van der Waals surface area contributed by atoms with E-state index in [-0.39, 0.29) is 5.91 Å². The quantitative estimate of drug-likeness (QED) is 0.822. The van der Waals surface area contributed by atoms with E-state index in [1.165, 1.54) is 0 Å². The van der Waals surface area contributed by atoms with Gasteiger partial charge in [0.25, 0.3) is 5.91 Å². The summed E-state index contributed by atoms with van der Waals surface area (Å²) < 4.78 is 5.32. The van der Waals surface area contributed by atoms with Gasteiger partial charge in [0.1, 0.15) is 0 Å². The van der Waals surface area contributed by atoms with Gasteiger partial charge in [-0.2, -0.15) is 0 Å². The Labute approximate surface area is 124 Å². The van der Waals surface area contributed by atoms with Crippen LogP contribution < -0.4 is 5.32 Å². The Morgan fingerprint density at radius 1 is 1.29 bits per heavy atom. The van der Waals surface area contributed by atoms with Crippen molar-refractivity contribution in [3.05, 3.63) is 36.0 Å². The maximum absolute atomic E-state index is 12.1. The first-order chi connectivity index (χ1) is 10.3. The van der Waals surface area contributed by atoms with Crippen LogP contribution in [0.3, 0.4) is 0 Å². The van der Waals surface area contributed by atoms with Crippen LogP contribution in [0.4, 0.5) is 0 Å². The fraction of sp³-hybridized carbons (Fsp3) is 0.438. The molecule has 5 nitrogen and oxygen atoms in total. The lowest BCUT2D eigenvalue weighted by molar-refractivity contribution is 0.0374. The molecule has 1 aromatic heterocycles. The minimum Gasteiger partial charge on any atom is -0.379 e. The Bertz CT molecular complexity index is 602. The first-order valence-corrected chi connectivity index (χ1v) is 7.48. The molecule has 0 unspecified atom stereocenters. The highest BCUT2D eigenvalue weighted by molar-refractivity contribution is 5.98. The van der Waals surface area contributed by atoms with Crippen LogP contribution in [0, 0.1) is 0 Å². The Balaban J connectivity index is 1.45. The molecule has 0 spiro atoms. The topological polar surface area (TPSA) is 57.4 Å². The van der Waals surface area contributed by atoms with Crippen molar-refractivity contribution in [2.24, 2.45) is 0 Å². The summed E-state index contributed by atoms with van der Waals surface area (Å²) >= 11 is 0. The third-order valence-electron chi connectivity index (χ3n) is 3.86. The average molecular weight is 287 g/mol. The second-order valence-electron chi connectivity index (χ2n) is 5.34. The molecule has 2 N–H and O–H groups in total. The zero-order valence-electron chi connectivity index (χ0n) is 12.1. The maximum atomic E-state index is 12.1. The molecular formula is C16H21N3O2. The summed E-state index contributed by atoms with van der Waals surface area (Å²) in [4.78, 5) is 17.6. The molecule has 3 rings (SSSR count). The molecule has 1 aromatic carbocycles. The number of amides is 1. The number of ether oxygens (including phenoxy) is 1. The molecule has 1 fully saturated rings. The minimum atomic E-state index is 0.0000718. The van der Waals surface area contributed by atoms with Crippen LogP contribution in [-0.2, 0) is 4.74 Å². The predicted molar refractivity (Wildman–Crippen MR) is 82.5 cm³/mol. The number of hydrogen-bond acceptors (Lipinski definition) is 3. The highest BCUT2D eigenvalue weighted by atomic mass is 16.5. The number of nitrogens with zero attached hydrogens (tertiary/aromatic N) is 1. The van der Waals surface area contributed by atoms with Crippen LogP contribution in [0.1, 0.15) is 16.8 Å². The Morgan fingerprint density at radius 2 is 2.14 bits per heavy atom. The van der Waals surface area contributed by atoms with Gasteiger partial charge in [-0.1, -0.05) is 0 Å². The smallest absolute Gasteiger partial charge is 0.251 e. The number of aromatic amines is 1. The predicted octanol–water partition coefficient (Wildman–Crippen LogP) is 1.62. The van der Waals surface area contributed by atoms with Crippen LogP contribution in [0.15, 0.2) is 30.5 Å². The van der Waals surface area contributed by atoms with E-state index >= 15 is 0 Å². The Kier molecular flexibility index (Phi) is 4.52. The van der Waals surface area contributed by atoms with Crippen LogP contribution in [0.25, 0.3) is 10.9 Å². The van der Waals surface area contributed by atoms with E-state index in [4.69, 9.17) is 4.74 Å². The molecule has 0 aliphatic carbocycles. The second kappa shape index (κ2) is 6.74. The highest BCUT2D eigenvalue weighted by Crippen LogP contribution is 2.14. The van der Waals surface area contributed by atoms with Gasteiger partial charge in [0, 0.05) is 42.3 Å². The Hall–Kier alpha value is -1.85. The second-order valence-corrected chi connectivity index (χ2v) is 5.34. The summed E-state index contributed by atoms with van der Waals surface area (Å²) in [5.41, 5.74) is 1.77. The lowest BCUT2D eigenvalue weighted by atomic mass is 10.1. The van der Waals surface area contributed by atoms with E-state index in [9.17, 15) is 4.79 Å². The van der Waals surface area contributed by atoms with Gasteiger partial charge in [-0.05, 0) is 37.2 Å². The molecule has 0 saturated carbocycles. The fourth-order valence-corrected chi connectivity index (χ4v) is 2.63. The molecule has 0 atom stereocenters. The van der Waals surface area contributed by atoms with Gasteiger partial charge in [0.15, 0.2) is 0 Å². The number of carbonyl (C=O) groups is 1. The molecule has 1 saturated heterocycles. The van der Waals surface area contributed by atoms with Crippen molar-refractivity contribution in [1.29, 1.82) is 0 Å². The van der Waals surface area contributed by atoms with E-state index in [0.717, 1.165) is 50.2 Å². The first-order valence-electron chi connectivity index (χ1n) is 7.48. The number of morpholine rings is 1. The number of aromatic nitrogens is 1. The lowest BCUT2D eigenvalue weighted by Gasteiger charge is -2.26. The van der Waals surface area contributed by atoms with Crippen LogP contribution in [-0.4, -0.2) is 55.2 Å². The summed E-state index contributed by atoms with van der Waals surface area (Å²) in [6.45, 7) is 5.37. The molecular weight excluding hydrogens is 266 g/mol. The average Bonchev–Trinajstić information content (AvgIpc) is 3.00. The van der Waals surface area contributed by atoms with Gasteiger partial charge in [-0.15, -0.1) is 0 Å². The zero-order valence-corrected chi connectivity index (χ0v) is 12.1. The number of benzene rings is 1. The molecule has 2 aromatic rings. The van der Waals surface area contributed by atoms with Crippen LogP contribution in [0.5, 0.6) is 0 Å². The number of fused-ring (bicyclic) bond motifs is 1. The van der Waals surface area contributed by atoms with Crippen LogP contribution >= 0.6 is 0 Å². The normalized spacial score (nSPS) is 16.2. The molecule has 1 amide bonds. The van der Waals surface area contributed by atoms with Gasteiger partial charge in [0.2, 0.25) is 0 Å². The van der Waals surface area contributed by atoms with E-state index in [0.29, 0.717) is 12.1 Å². The third-order valence-corrected chi connectivity index (χ3v) is 3.86. The van der Waals surface area contributed by atoms with E-state index < -0.39 is 0 Å². The Morgan fingerprint density at radius 3 is 3.00 bits per heavy atom. The van der Waals surface area contributed by atoms with Gasteiger partial charge in [0.05, 0.1) is 13.2 Å². The molecule has 112 valence electrons. The summed E-state index contributed by atoms with van der Waals surface area (Å²) in [5.74, 6) is 0.0000718. The lowest BCUT2D eigenvalue weighted by Crippen LogP contribution is -2.38. The van der Waals surface area contributed by atoms with Crippen molar-refractivity contribution in [1.82, 2.24) is 15.2 Å². The standard InChI is InChI=1S/C16H21N3O2/c20-16(14-2-3-15-13(12-14)4-6-17-15)18-5-1-7-19-8-10-21-11-9-19/h2-4,6,12,17H,1,5,7-11H2,(H,18,20). The number of carbonyl (C=O) groups excluding carboxylic acids is 1. The van der Waals surface area contributed by atoms with Gasteiger partial charge >= 0.3 is 0 Å². The molecule has 21 heavy (non-hydrogen) atoms. The van der Waals surface area contributed by atoms with E-state index in [1.807, 2.05) is 30.5 Å². The van der Waals surface area contributed by atoms with Gasteiger partial charge < -0.3 is 15.0 Å². The number of rotatable bonds is 5. The molecule has 0 bridgehead atoms. The van der Waals surface area contributed by atoms with Crippen molar-refractivity contribution in [2.45, 2.75) is 6.42 Å². The van der Waals surface area contributed by atoms with Gasteiger partial charge in [-0.25, -0.2) is 0 Å². The van der Waals surface area contributed by atoms with Crippen molar-refractivity contribution < 1.29 is 9.53 Å². The molecule has 1 aliphatic heterocycles. The summed E-state index contributed by atoms with van der Waals surface area (Å²) in [7, 11) is 0. The molecule has 5 heteroatoms. The van der Waals surface area contributed by atoms with Gasteiger partial charge in [-0.3, -0.25) is 9.69 Å². The molecule has 0 radical (unpaired) electrons. The van der Waals surface area contributed by atoms with Crippen molar-refractivity contribution >= 4 is 16.8 Å². The fourth-order valence-electron chi connectivity index (χ4n) is 2.63.